The molecule has 1 heterocycles. The van der Waals surface area contributed by atoms with E-state index in [2.05, 4.69) is 4.90 Å². The second kappa shape index (κ2) is 11.5. The van der Waals surface area contributed by atoms with Gasteiger partial charge in [-0.15, -0.1) is 24.8 Å². The number of hydrogen-bond donors (Lipinski definition) is 1. The fourth-order valence-corrected chi connectivity index (χ4v) is 2.86. The largest absolute Gasteiger partial charge is 0.497 e. The molecule has 0 saturated carbocycles. The zero-order valence-corrected chi connectivity index (χ0v) is 17.6. The minimum absolute atomic E-state index is 0. The minimum Gasteiger partial charge on any atom is -0.497 e. The van der Waals surface area contributed by atoms with E-state index in [0.29, 0.717) is 0 Å². The van der Waals surface area contributed by atoms with Crippen LogP contribution in [0.3, 0.4) is 0 Å². The van der Waals surface area contributed by atoms with E-state index in [4.69, 9.17) is 15.2 Å². The van der Waals surface area contributed by atoms with E-state index >= 15 is 0 Å². The molecule has 2 unspecified atom stereocenters. The molecule has 0 radical (unpaired) electrons. The summed E-state index contributed by atoms with van der Waals surface area (Å²) in [6.07, 6.45) is 0. The van der Waals surface area contributed by atoms with Gasteiger partial charge in [-0.25, -0.2) is 0 Å². The third kappa shape index (κ3) is 6.50. The first-order chi connectivity index (χ1) is 11.4. The van der Waals surface area contributed by atoms with Gasteiger partial charge in [0.15, 0.2) is 0 Å². The second-order valence-electron chi connectivity index (χ2n) is 6.47. The molecule has 2 rings (SSSR count). The van der Waals surface area contributed by atoms with Crippen LogP contribution in [-0.4, -0.2) is 62.1 Å². The van der Waals surface area contributed by atoms with Crippen LogP contribution in [-0.2, 0) is 11.3 Å². The smallest absolute Gasteiger partial charge is 0.227 e. The average Bonchev–Trinajstić information content (AvgIpc) is 2.60. The van der Waals surface area contributed by atoms with Gasteiger partial charge in [0.25, 0.3) is 0 Å². The van der Waals surface area contributed by atoms with E-state index in [0.717, 1.165) is 49.8 Å². The summed E-state index contributed by atoms with van der Waals surface area (Å²) in [5, 5.41) is 0. The topological polar surface area (TPSA) is 68.0 Å². The Morgan fingerprint density at radius 2 is 1.54 bits per heavy atom. The summed E-state index contributed by atoms with van der Waals surface area (Å²) in [5.74, 6) is 1.62. The van der Waals surface area contributed by atoms with Crippen LogP contribution < -0.4 is 15.2 Å². The lowest BCUT2D eigenvalue weighted by Crippen LogP contribution is -2.51. The standard InChI is InChI=1S/C18H29N3O3.2ClH/c1-13(14(2)19)18(22)21-7-5-20(6-8-21)12-15-9-16(23-3)11-17(10-15)24-4;;/h9-11,13-14H,5-8,12,19H2,1-4H3;2*1H. The number of hydrogen-bond acceptors (Lipinski definition) is 5. The number of carbonyl (C=O) groups is 1. The first kappa shape index (κ1) is 24.8. The predicted molar refractivity (Wildman–Crippen MR) is 109 cm³/mol. The summed E-state index contributed by atoms with van der Waals surface area (Å²) in [5.41, 5.74) is 6.99. The van der Waals surface area contributed by atoms with Crippen LogP contribution in [0.25, 0.3) is 0 Å². The van der Waals surface area contributed by atoms with Crippen molar-refractivity contribution in [3.05, 3.63) is 23.8 Å². The molecule has 0 aliphatic carbocycles. The zero-order chi connectivity index (χ0) is 17.7. The summed E-state index contributed by atoms with van der Waals surface area (Å²) in [7, 11) is 3.31. The van der Waals surface area contributed by atoms with Crippen molar-refractivity contribution in [3.8, 4) is 11.5 Å². The van der Waals surface area contributed by atoms with Crippen molar-refractivity contribution in [2.24, 2.45) is 11.7 Å². The number of nitrogens with two attached hydrogens (primary N) is 1. The number of benzene rings is 1. The number of methoxy groups -OCH3 is 2. The number of nitrogens with zero attached hydrogens (tertiary/aromatic N) is 2. The molecule has 1 aliphatic heterocycles. The van der Waals surface area contributed by atoms with Gasteiger partial charge in [0.05, 0.1) is 20.1 Å². The molecule has 0 spiro atoms. The first-order valence-electron chi connectivity index (χ1n) is 8.43. The van der Waals surface area contributed by atoms with Gasteiger partial charge in [-0.3, -0.25) is 9.69 Å². The van der Waals surface area contributed by atoms with Gasteiger partial charge in [-0.1, -0.05) is 6.92 Å². The molecule has 2 atom stereocenters. The van der Waals surface area contributed by atoms with E-state index in [9.17, 15) is 4.79 Å². The third-order valence-corrected chi connectivity index (χ3v) is 4.68. The Kier molecular flexibility index (Phi) is 11.0. The van der Waals surface area contributed by atoms with Gasteiger partial charge in [-0.2, -0.15) is 0 Å². The molecular formula is C18H31Cl2N3O3. The fraction of sp³-hybridized carbons (Fsp3) is 0.611. The summed E-state index contributed by atoms with van der Waals surface area (Å²) in [6, 6.07) is 5.81. The van der Waals surface area contributed by atoms with Gasteiger partial charge in [0.2, 0.25) is 5.91 Å². The Bertz CT molecular complexity index is 542. The highest BCUT2D eigenvalue weighted by atomic mass is 35.5. The number of halogens is 2. The summed E-state index contributed by atoms with van der Waals surface area (Å²) >= 11 is 0. The maximum atomic E-state index is 12.4. The molecule has 150 valence electrons. The number of carbonyl (C=O) groups excluding carboxylic acids is 1. The molecule has 1 aromatic rings. The quantitative estimate of drug-likeness (QED) is 0.782. The highest BCUT2D eigenvalue weighted by molar-refractivity contribution is 5.85. The number of ether oxygens (including phenoxy) is 2. The van der Waals surface area contributed by atoms with Gasteiger partial charge in [0.1, 0.15) is 11.5 Å². The Balaban J connectivity index is 0.00000312. The van der Waals surface area contributed by atoms with Crippen LogP contribution in [0.15, 0.2) is 18.2 Å². The number of piperazine rings is 1. The van der Waals surface area contributed by atoms with Crippen molar-refractivity contribution < 1.29 is 14.3 Å². The molecule has 26 heavy (non-hydrogen) atoms. The van der Waals surface area contributed by atoms with E-state index in [1.165, 1.54) is 0 Å². The second-order valence-corrected chi connectivity index (χ2v) is 6.47. The average molecular weight is 408 g/mol. The summed E-state index contributed by atoms with van der Waals surface area (Å²) < 4.78 is 10.6. The summed E-state index contributed by atoms with van der Waals surface area (Å²) in [4.78, 5) is 16.6. The number of rotatable bonds is 6. The Morgan fingerprint density at radius 3 is 1.96 bits per heavy atom. The molecule has 0 aromatic heterocycles. The van der Waals surface area contributed by atoms with Gasteiger partial charge >= 0.3 is 0 Å². The number of amides is 1. The SMILES string of the molecule is COc1cc(CN2CCN(C(=O)C(C)C(C)N)CC2)cc(OC)c1.Cl.Cl. The maximum absolute atomic E-state index is 12.4. The van der Waals surface area contributed by atoms with Crippen LogP contribution >= 0.6 is 24.8 Å². The van der Waals surface area contributed by atoms with Gasteiger partial charge < -0.3 is 20.1 Å². The molecule has 6 nitrogen and oxygen atoms in total. The van der Waals surface area contributed by atoms with E-state index in [1.54, 1.807) is 14.2 Å². The maximum Gasteiger partial charge on any atom is 0.227 e. The highest BCUT2D eigenvalue weighted by Crippen LogP contribution is 2.23. The van der Waals surface area contributed by atoms with Gasteiger partial charge in [-0.05, 0) is 24.6 Å². The normalized spacial score (nSPS) is 16.7. The lowest BCUT2D eigenvalue weighted by Gasteiger charge is -2.36. The third-order valence-electron chi connectivity index (χ3n) is 4.68. The lowest BCUT2D eigenvalue weighted by molar-refractivity contribution is -0.137. The van der Waals surface area contributed by atoms with Crippen LogP contribution in [0.4, 0.5) is 0 Å². The highest BCUT2D eigenvalue weighted by Gasteiger charge is 2.26. The minimum atomic E-state index is -0.126. The molecule has 8 heteroatoms. The van der Waals surface area contributed by atoms with Crippen molar-refractivity contribution in [1.82, 2.24) is 9.80 Å². The Labute approximate surface area is 168 Å². The van der Waals surface area contributed by atoms with Crippen LogP contribution in [0.2, 0.25) is 0 Å². The van der Waals surface area contributed by atoms with Crippen molar-refractivity contribution >= 4 is 30.7 Å². The van der Waals surface area contributed by atoms with Crippen LogP contribution in [0, 0.1) is 5.92 Å². The van der Waals surface area contributed by atoms with E-state index < -0.39 is 0 Å². The molecule has 1 saturated heterocycles. The fourth-order valence-electron chi connectivity index (χ4n) is 2.86. The molecule has 1 amide bonds. The molecule has 1 aliphatic rings. The van der Waals surface area contributed by atoms with Crippen molar-refractivity contribution in [1.29, 1.82) is 0 Å². The zero-order valence-electron chi connectivity index (χ0n) is 15.9. The lowest BCUT2D eigenvalue weighted by atomic mass is 10.0. The van der Waals surface area contributed by atoms with Crippen molar-refractivity contribution in [2.45, 2.75) is 26.4 Å². The molecule has 2 N–H and O–H groups in total. The molecule has 1 aromatic carbocycles. The summed E-state index contributed by atoms with van der Waals surface area (Å²) in [6.45, 7) is 7.82. The predicted octanol–water partition coefficient (Wildman–Crippen LogP) is 2.17. The van der Waals surface area contributed by atoms with E-state index in [-0.39, 0.29) is 42.7 Å². The Hall–Kier alpha value is -1.21. The van der Waals surface area contributed by atoms with Crippen molar-refractivity contribution in [3.63, 3.8) is 0 Å². The van der Waals surface area contributed by atoms with Gasteiger partial charge in [0, 0.05) is 44.8 Å². The van der Waals surface area contributed by atoms with Crippen LogP contribution in [0.5, 0.6) is 11.5 Å². The molecular weight excluding hydrogens is 377 g/mol. The first-order valence-corrected chi connectivity index (χ1v) is 8.43. The monoisotopic (exact) mass is 407 g/mol. The molecule has 0 bridgehead atoms. The molecule has 1 fully saturated rings. The van der Waals surface area contributed by atoms with Crippen molar-refractivity contribution in [2.75, 3.05) is 40.4 Å². The Morgan fingerprint density at radius 1 is 1.04 bits per heavy atom. The van der Waals surface area contributed by atoms with E-state index in [1.807, 2.05) is 36.9 Å². The van der Waals surface area contributed by atoms with Crippen LogP contribution in [0.1, 0.15) is 19.4 Å².